The maximum atomic E-state index is 6.22. The van der Waals surface area contributed by atoms with Crippen molar-refractivity contribution in [2.75, 3.05) is 30.0 Å². The van der Waals surface area contributed by atoms with E-state index in [4.69, 9.17) is 5.73 Å². The number of aromatic nitrogens is 2. The molecule has 0 saturated carbocycles. The highest BCUT2D eigenvalue weighted by Crippen LogP contribution is 2.33. The van der Waals surface area contributed by atoms with Gasteiger partial charge in [-0.2, -0.15) is 5.10 Å². The smallest absolute Gasteiger partial charge is 0.152 e. The first-order valence-electron chi connectivity index (χ1n) is 6.77. The van der Waals surface area contributed by atoms with Gasteiger partial charge in [-0.25, -0.2) is 0 Å². The number of anilines is 4. The number of nitrogens with one attached hydrogen (secondary N) is 1. The van der Waals surface area contributed by atoms with Gasteiger partial charge in [0, 0.05) is 21.1 Å². The number of benzene rings is 1. The second-order valence-corrected chi connectivity index (χ2v) is 5.46. The van der Waals surface area contributed by atoms with Crippen molar-refractivity contribution >= 4 is 22.9 Å². The van der Waals surface area contributed by atoms with Crippen LogP contribution in [0.2, 0.25) is 0 Å². The van der Waals surface area contributed by atoms with E-state index in [0.717, 1.165) is 28.6 Å². The summed E-state index contributed by atoms with van der Waals surface area (Å²) < 4.78 is 1.80. The summed E-state index contributed by atoms with van der Waals surface area (Å²) in [5, 5.41) is 7.90. The minimum Gasteiger partial charge on any atom is -0.394 e. The SMILES string of the molecule is CC(C)c1nn(C)c(Nc2ccccc2N(C)C)c1N. The molecule has 1 aromatic carbocycles. The van der Waals surface area contributed by atoms with Crippen molar-refractivity contribution in [1.29, 1.82) is 0 Å². The van der Waals surface area contributed by atoms with Crippen LogP contribution in [-0.2, 0) is 7.05 Å². The van der Waals surface area contributed by atoms with E-state index in [0.29, 0.717) is 5.92 Å². The predicted molar refractivity (Wildman–Crippen MR) is 85.8 cm³/mol. The quantitative estimate of drug-likeness (QED) is 0.899. The van der Waals surface area contributed by atoms with Gasteiger partial charge in [-0.15, -0.1) is 0 Å². The number of hydrogen-bond donors (Lipinski definition) is 2. The molecule has 1 heterocycles. The third-order valence-corrected chi connectivity index (χ3v) is 3.30. The van der Waals surface area contributed by atoms with Gasteiger partial charge in [-0.05, 0) is 18.1 Å². The minimum absolute atomic E-state index is 0.306. The maximum Gasteiger partial charge on any atom is 0.152 e. The molecule has 2 aromatic rings. The molecule has 0 saturated heterocycles. The van der Waals surface area contributed by atoms with Crippen LogP contribution in [0.15, 0.2) is 24.3 Å². The van der Waals surface area contributed by atoms with E-state index in [1.165, 1.54) is 0 Å². The van der Waals surface area contributed by atoms with Gasteiger partial charge < -0.3 is 16.0 Å². The first kappa shape index (κ1) is 14.2. The lowest BCUT2D eigenvalue weighted by atomic mass is 10.1. The van der Waals surface area contributed by atoms with E-state index in [2.05, 4.69) is 35.2 Å². The van der Waals surface area contributed by atoms with Crippen LogP contribution < -0.4 is 16.0 Å². The topological polar surface area (TPSA) is 59.1 Å². The lowest BCUT2D eigenvalue weighted by Crippen LogP contribution is -2.11. The molecule has 0 spiro atoms. The molecule has 0 amide bonds. The number of nitrogens with two attached hydrogens (primary N) is 1. The van der Waals surface area contributed by atoms with Gasteiger partial charge in [0.2, 0.25) is 0 Å². The van der Waals surface area contributed by atoms with Gasteiger partial charge >= 0.3 is 0 Å². The zero-order valence-electron chi connectivity index (χ0n) is 12.8. The van der Waals surface area contributed by atoms with Crippen molar-refractivity contribution in [3.8, 4) is 0 Å². The molecule has 1 aromatic heterocycles. The molecule has 3 N–H and O–H groups in total. The van der Waals surface area contributed by atoms with E-state index >= 15 is 0 Å². The summed E-state index contributed by atoms with van der Waals surface area (Å²) in [5.41, 5.74) is 9.99. The van der Waals surface area contributed by atoms with Gasteiger partial charge in [0.15, 0.2) is 5.82 Å². The zero-order valence-corrected chi connectivity index (χ0v) is 12.8. The molecule has 20 heavy (non-hydrogen) atoms. The maximum absolute atomic E-state index is 6.22. The molecule has 2 rings (SSSR count). The van der Waals surface area contributed by atoms with Gasteiger partial charge in [0.25, 0.3) is 0 Å². The molecule has 5 heteroatoms. The summed E-state index contributed by atoms with van der Waals surface area (Å²) >= 11 is 0. The van der Waals surface area contributed by atoms with Crippen LogP contribution in [0.1, 0.15) is 25.5 Å². The number of para-hydroxylation sites is 2. The molecule has 0 bridgehead atoms. The summed E-state index contributed by atoms with van der Waals surface area (Å²) in [6, 6.07) is 8.13. The highest BCUT2D eigenvalue weighted by molar-refractivity contribution is 5.79. The highest BCUT2D eigenvalue weighted by Gasteiger charge is 2.17. The fraction of sp³-hybridized carbons (Fsp3) is 0.400. The Balaban J connectivity index is 2.41. The van der Waals surface area contributed by atoms with Crippen LogP contribution in [0.5, 0.6) is 0 Å². The number of rotatable bonds is 4. The van der Waals surface area contributed by atoms with Crippen molar-refractivity contribution < 1.29 is 0 Å². The largest absolute Gasteiger partial charge is 0.394 e. The van der Waals surface area contributed by atoms with Crippen LogP contribution in [0.4, 0.5) is 22.9 Å². The zero-order chi connectivity index (χ0) is 14.9. The van der Waals surface area contributed by atoms with Gasteiger partial charge in [0.05, 0.1) is 22.8 Å². The Kier molecular flexibility index (Phi) is 3.88. The van der Waals surface area contributed by atoms with E-state index in [-0.39, 0.29) is 0 Å². The van der Waals surface area contributed by atoms with Gasteiger partial charge in [0.1, 0.15) is 0 Å². The monoisotopic (exact) mass is 273 g/mol. The Bertz CT molecular complexity index is 598. The third-order valence-electron chi connectivity index (χ3n) is 3.30. The van der Waals surface area contributed by atoms with Crippen molar-refractivity contribution in [3.05, 3.63) is 30.0 Å². The van der Waals surface area contributed by atoms with Crippen LogP contribution in [0, 0.1) is 0 Å². The lowest BCUT2D eigenvalue weighted by molar-refractivity contribution is 0.718. The van der Waals surface area contributed by atoms with Crippen LogP contribution in [0.25, 0.3) is 0 Å². The van der Waals surface area contributed by atoms with Crippen molar-refractivity contribution in [3.63, 3.8) is 0 Å². The fourth-order valence-corrected chi connectivity index (χ4v) is 2.23. The number of aryl methyl sites for hydroxylation is 1. The summed E-state index contributed by atoms with van der Waals surface area (Å²) in [4.78, 5) is 2.07. The van der Waals surface area contributed by atoms with Gasteiger partial charge in [-0.1, -0.05) is 26.0 Å². The molecule has 0 aliphatic rings. The average molecular weight is 273 g/mol. The van der Waals surface area contributed by atoms with E-state index in [1.54, 1.807) is 4.68 Å². The Hall–Kier alpha value is -2.17. The number of nitrogen functional groups attached to an aromatic ring is 1. The summed E-state index contributed by atoms with van der Waals surface area (Å²) in [7, 11) is 5.95. The number of nitrogens with zero attached hydrogens (tertiary/aromatic N) is 3. The predicted octanol–water partition coefficient (Wildman–Crippen LogP) is 2.94. The first-order chi connectivity index (χ1) is 9.41. The molecule has 0 aliphatic heterocycles. The molecule has 0 fully saturated rings. The van der Waals surface area contributed by atoms with Gasteiger partial charge in [-0.3, -0.25) is 4.68 Å². The summed E-state index contributed by atoms with van der Waals surface area (Å²) in [6.45, 7) is 4.19. The molecule has 0 atom stereocenters. The molecular formula is C15H23N5. The standard InChI is InChI=1S/C15H23N5/c1-10(2)14-13(16)15(20(5)18-14)17-11-8-6-7-9-12(11)19(3)4/h6-10,17H,16H2,1-5H3. The van der Waals surface area contributed by atoms with E-state index < -0.39 is 0 Å². The lowest BCUT2D eigenvalue weighted by Gasteiger charge is -2.18. The minimum atomic E-state index is 0.306. The normalized spacial score (nSPS) is 10.9. The Morgan fingerprint density at radius 2 is 1.90 bits per heavy atom. The first-order valence-corrected chi connectivity index (χ1v) is 6.77. The number of hydrogen-bond acceptors (Lipinski definition) is 4. The molecule has 5 nitrogen and oxygen atoms in total. The van der Waals surface area contributed by atoms with Crippen LogP contribution in [0.3, 0.4) is 0 Å². The molecule has 0 unspecified atom stereocenters. The summed E-state index contributed by atoms with van der Waals surface area (Å²) in [6.07, 6.45) is 0. The van der Waals surface area contributed by atoms with Crippen molar-refractivity contribution in [1.82, 2.24) is 9.78 Å². The molecule has 0 radical (unpaired) electrons. The van der Waals surface area contributed by atoms with Crippen LogP contribution >= 0.6 is 0 Å². The molecule has 0 aliphatic carbocycles. The third kappa shape index (κ3) is 2.57. The fourth-order valence-electron chi connectivity index (χ4n) is 2.23. The van der Waals surface area contributed by atoms with E-state index in [1.807, 2.05) is 39.3 Å². The van der Waals surface area contributed by atoms with E-state index in [9.17, 15) is 0 Å². The Morgan fingerprint density at radius 1 is 1.25 bits per heavy atom. The van der Waals surface area contributed by atoms with Crippen molar-refractivity contribution in [2.24, 2.45) is 7.05 Å². The second-order valence-electron chi connectivity index (χ2n) is 5.46. The van der Waals surface area contributed by atoms with Crippen LogP contribution in [-0.4, -0.2) is 23.9 Å². The average Bonchev–Trinajstić information content (AvgIpc) is 2.67. The summed E-state index contributed by atoms with van der Waals surface area (Å²) in [5.74, 6) is 1.14. The second kappa shape index (κ2) is 5.45. The Morgan fingerprint density at radius 3 is 2.45 bits per heavy atom. The molecular weight excluding hydrogens is 250 g/mol. The molecule has 108 valence electrons. The highest BCUT2D eigenvalue weighted by atomic mass is 15.3. The van der Waals surface area contributed by atoms with Crippen molar-refractivity contribution in [2.45, 2.75) is 19.8 Å². The Labute approximate surface area is 120 Å².